The molecule has 0 fully saturated rings. The van der Waals surface area contributed by atoms with Crippen LogP contribution in [0, 0.1) is 0 Å². The SMILES string of the molecule is CC1CCC(Nc2ccc(-c3ccc(NC4=NC(C)CC4)c(Cl)c3)cc2Cl)=N1. The van der Waals surface area contributed by atoms with Gasteiger partial charge in [-0.05, 0) is 62.1 Å². The molecule has 2 heterocycles. The van der Waals surface area contributed by atoms with Gasteiger partial charge in [0, 0.05) is 24.9 Å². The Morgan fingerprint density at radius 2 is 1.18 bits per heavy atom. The molecule has 2 N–H and O–H groups in total. The second kappa shape index (κ2) is 8.14. The standard InChI is InChI=1S/C22H24Cl2N4/c1-13-3-9-21(25-13)27-19-7-5-15(11-17(19)23)16-6-8-20(18(24)12-16)28-22-10-4-14(2)26-22/h5-8,11-14H,3-4,9-10H2,1-2H3,(H,25,27)(H,26,28). The molecule has 2 unspecified atom stereocenters. The minimum atomic E-state index is 0.383. The van der Waals surface area contributed by atoms with Crippen molar-refractivity contribution in [2.75, 3.05) is 10.6 Å². The monoisotopic (exact) mass is 414 g/mol. The lowest BCUT2D eigenvalue weighted by Gasteiger charge is -2.12. The Morgan fingerprint density at radius 3 is 1.50 bits per heavy atom. The topological polar surface area (TPSA) is 48.8 Å². The molecule has 2 aliphatic rings. The molecule has 0 saturated carbocycles. The van der Waals surface area contributed by atoms with E-state index in [2.05, 4.69) is 46.6 Å². The van der Waals surface area contributed by atoms with Crippen LogP contribution in [0.4, 0.5) is 11.4 Å². The van der Waals surface area contributed by atoms with E-state index in [1.54, 1.807) is 0 Å². The normalized spacial score (nSPS) is 21.4. The van der Waals surface area contributed by atoms with Gasteiger partial charge in [0.05, 0.1) is 21.4 Å². The van der Waals surface area contributed by atoms with Crippen LogP contribution in [0.3, 0.4) is 0 Å². The maximum Gasteiger partial charge on any atom is 0.101 e. The Morgan fingerprint density at radius 1 is 0.750 bits per heavy atom. The van der Waals surface area contributed by atoms with Crippen molar-refractivity contribution in [1.82, 2.24) is 0 Å². The maximum atomic E-state index is 6.51. The van der Waals surface area contributed by atoms with Crippen molar-refractivity contribution in [2.45, 2.75) is 51.6 Å². The van der Waals surface area contributed by atoms with Crippen molar-refractivity contribution in [1.29, 1.82) is 0 Å². The van der Waals surface area contributed by atoms with Gasteiger partial charge in [-0.1, -0.05) is 35.3 Å². The third-order valence-corrected chi connectivity index (χ3v) is 5.81. The van der Waals surface area contributed by atoms with E-state index < -0.39 is 0 Å². The lowest BCUT2D eigenvalue weighted by atomic mass is 10.0. The Hall–Kier alpha value is -2.04. The minimum Gasteiger partial charge on any atom is -0.343 e. The average molecular weight is 415 g/mol. The van der Waals surface area contributed by atoms with Crippen LogP contribution in [0.1, 0.15) is 39.5 Å². The van der Waals surface area contributed by atoms with Crippen LogP contribution >= 0.6 is 23.2 Å². The summed E-state index contributed by atoms with van der Waals surface area (Å²) in [7, 11) is 0. The van der Waals surface area contributed by atoms with Gasteiger partial charge in [0.15, 0.2) is 0 Å². The number of hydrogen-bond acceptors (Lipinski definition) is 4. The largest absolute Gasteiger partial charge is 0.343 e. The summed E-state index contributed by atoms with van der Waals surface area (Å²) in [6.45, 7) is 4.25. The highest BCUT2D eigenvalue weighted by atomic mass is 35.5. The molecular weight excluding hydrogens is 391 g/mol. The molecule has 146 valence electrons. The van der Waals surface area contributed by atoms with Gasteiger partial charge in [0.25, 0.3) is 0 Å². The third-order valence-electron chi connectivity index (χ3n) is 5.18. The van der Waals surface area contributed by atoms with Crippen LogP contribution in [-0.2, 0) is 0 Å². The lowest BCUT2D eigenvalue weighted by Crippen LogP contribution is -2.09. The predicted octanol–water partition coefficient (Wildman–Crippen LogP) is 6.65. The molecule has 2 aromatic rings. The van der Waals surface area contributed by atoms with Crippen LogP contribution in [0.2, 0.25) is 10.0 Å². The van der Waals surface area contributed by atoms with Crippen molar-refractivity contribution in [3.05, 3.63) is 46.4 Å². The Kier molecular flexibility index (Phi) is 5.61. The van der Waals surface area contributed by atoms with Crippen LogP contribution in [-0.4, -0.2) is 23.8 Å². The number of hydrogen-bond donors (Lipinski definition) is 2. The highest BCUT2D eigenvalue weighted by Gasteiger charge is 2.16. The summed E-state index contributed by atoms with van der Waals surface area (Å²) in [5.74, 6) is 2.01. The number of anilines is 2. The summed E-state index contributed by atoms with van der Waals surface area (Å²) in [6, 6.07) is 12.8. The van der Waals surface area contributed by atoms with Crippen LogP contribution in [0.15, 0.2) is 46.4 Å². The van der Waals surface area contributed by atoms with E-state index in [0.29, 0.717) is 22.1 Å². The quantitative estimate of drug-likeness (QED) is 0.590. The zero-order valence-electron chi connectivity index (χ0n) is 16.1. The molecule has 6 heteroatoms. The first-order chi connectivity index (χ1) is 13.5. The Bertz CT molecular complexity index is 874. The van der Waals surface area contributed by atoms with Gasteiger partial charge in [0.1, 0.15) is 11.7 Å². The fourth-order valence-electron chi connectivity index (χ4n) is 3.57. The van der Waals surface area contributed by atoms with Crippen LogP contribution in [0.25, 0.3) is 11.1 Å². The summed E-state index contributed by atoms with van der Waals surface area (Å²) < 4.78 is 0. The Balaban J connectivity index is 1.51. The summed E-state index contributed by atoms with van der Waals surface area (Å²) in [4.78, 5) is 9.17. The molecular formula is C22H24Cl2N4. The summed E-state index contributed by atoms with van der Waals surface area (Å²) >= 11 is 13.0. The first-order valence-corrected chi connectivity index (χ1v) is 10.5. The third kappa shape index (κ3) is 4.34. The van der Waals surface area contributed by atoms with Gasteiger partial charge in [-0.2, -0.15) is 0 Å². The highest BCUT2D eigenvalue weighted by Crippen LogP contribution is 2.33. The van der Waals surface area contributed by atoms with E-state index in [-0.39, 0.29) is 0 Å². The molecule has 2 atom stereocenters. The van der Waals surface area contributed by atoms with Gasteiger partial charge < -0.3 is 10.6 Å². The number of amidine groups is 2. The van der Waals surface area contributed by atoms with Crippen molar-refractivity contribution in [2.24, 2.45) is 9.98 Å². The Labute approximate surface area is 176 Å². The number of aliphatic imine (C=N–C) groups is 2. The molecule has 4 rings (SSSR count). The molecule has 0 amide bonds. The van der Waals surface area contributed by atoms with E-state index in [0.717, 1.165) is 59.9 Å². The molecule has 28 heavy (non-hydrogen) atoms. The zero-order chi connectivity index (χ0) is 19.7. The smallest absolute Gasteiger partial charge is 0.101 e. The van der Waals surface area contributed by atoms with E-state index in [1.807, 2.05) is 24.3 Å². The summed E-state index contributed by atoms with van der Waals surface area (Å²) in [6.07, 6.45) is 4.10. The molecule has 2 aromatic carbocycles. The first-order valence-electron chi connectivity index (χ1n) is 9.75. The van der Waals surface area contributed by atoms with E-state index in [4.69, 9.17) is 23.2 Å². The van der Waals surface area contributed by atoms with Crippen molar-refractivity contribution in [3.63, 3.8) is 0 Å². The number of benzene rings is 2. The predicted molar refractivity (Wildman–Crippen MR) is 121 cm³/mol. The fourth-order valence-corrected chi connectivity index (χ4v) is 4.03. The van der Waals surface area contributed by atoms with E-state index in [1.165, 1.54) is 0 Å². The molecule has 0 bridgehead atoms. The second-order valence-electron chi connectivity index (χ2n) is 7.57. The number of nitrogens with zero attached hydrogens (tertiary/aromatic N) is 2. The van der Waals surface area contributed by atoms with Gasteiger partial charge in [-0.15, -0.1) is 0 Å². The van der Waals surface area contributed by atoms with E-state index in [9.17, 15) is 0 Å². The van der Waals surface area contributed by atoms with Crippen LogP contribution < -0.4 is 10.6 Å². The van der Waals surface area contributed by atoms with E-state index >= 15 is 0 Å². The average Bonchev–Trinajstić information content (AvgIpc) is 3.26. The minimum absolute atomic E-state index is 0.383. The molecule has 0 aromatic heterocycles. The molecule has 0 aliphatic carbocycles. The molecule has 2 aliphatic heterocycles. The van der Waals surface area contributed by atoms with Gasteiger partial charge in [-0.25, -0.2) is 0 Å². The second-order valence-corrected chi connectivity index (χ2v) is 8.38. The van der Waals surface area contributed by atoms with Crippen molar-refractivity contribution < 1.29 is 0 Å². The molecule has 0 saturated heterocycles. The number of nitrogens with one attached hydrogen (secondary N) is 2. The van der Waals surface area contributed by atoms with Crippen LogP contribution in [0.5, 0.6) is 0 Å². The molecule has 4 nitrogen and oxygen atoms in total. The maximum absolute atomic E-state index is 6.51. The van der Waals surface area contributed by atoms with Crippen molar-refractivity contribution in [3.8, 4) is 11.1 Å². The van der Waals surface area contributed by atoms with Gasteiger partial charge in [-0.3, -0.25) is 9.98 Å². The number of halogens is 2. The fraction of sp³-hybridized carbons (Fsp3) is 0.364. The lowest BCUT2D eigenvalue weighted by molar-refractivity contribution is 0.739. The zero-order valence-corrected chi connectivity index (χ0v) is 17.6. The molecule has 0 radical (unpaired) electrons. The first kappa shape index (κ1) is 19.3. The van der Waals surface area contributed by atoms with Crippen molar-refractivity contribution >= 4 is 46.2 Å². The van der Waals surface area contributed by atoms with Gasteiger partial charge >= 0.3 is 0 Å². The summed E-state index contributed by atoms with van der Waals surface area (Å²) in [5, 5.41) is 8.05. The molecule has 0 spiro atoms. The summed E-state index contributed by atoms with van der Waals surface area (Å²) in [5.41, 5.74) is 3.82. The highest BCUT2D eigenvalue weighted by molar-refractivity contribution is 6.35. The van der Waals surface area contributed by atoms with Gasteiger partial charge in [0.2, 0.25) is 0 Å². The number of rotatable bonds is 3.